The second kappa shape index (κ2) is 9.43. The van der Waals surface area contributed by atoms with Crippen molar-refractivity contribution in [3.63, 3.8) is 0 Å². The van der Waals surface area contributed by atoms with Gasteiger partial charge >= 0.3 is 0 Å². The van der Waals surface area contributed by atoms with Crippen molar-refractivity contribution >= 4 is 11.8 Å². The molecular formula is C25H25N3O3. The molecule has 31 heavy (non-hydrogen) atoms. The number of carbonyl (C=O) groups is 2. The lowest BCUT2D eigenvalue weighted by Crippen LogP contribution is -2.37. The summed E-state index contributed by atoms with van der Waals surface area (Å²) in [6.07, 6.45) is 3.79. The van der Waals surface area contributed by atoms with Crippen LogP contribution in [-0.2, 0) is 11.2 Å². The Kier molecular flexibility index (Phi) is 6.26. The molecule has 1 N–H and O–H groups in total. The van der Waals surface area contributed by atoms with Gasteiger partial charge in [-0.25, -0.2) is 0 Å². The standard InChI is InChI=1S/C25H25N3O3/c1-31-23-8-6-20(7-9-23)19-4-2-18(3-5-19)16-22-17-28(15-14-27-24(22)29)25(30)21-10-12-26-13-11-21/h2-13,22H,14-17H2,1H3,(H,27,29). The van der Waals surface area contributed by atoms with Gasteiger partial charge in [-0.2, -0.15) is 0 Å². The Morgan fingerprint density at radius 2 is 1.68 bits per heavy atom. The summed E-state index contributed by atoms with van der Waals surface area (Å²) in [4.78, 5) is 31.2. The summed E-state index contributed by atoms with van der Waals surface area (Å²) in [6, 6.07) is 19.5. The summed E-state index contributed by atoms with van der Waals surface area (Å²) in [6.45, 7) is 1.36. The number of methoxy groups -OCH3 is 1. The number of amides is 2. The number of nitrogens with zero attached hydrogens (tertiary/aromatic N) is 2. The number of nitrogens with one attached hydrogen (secondary N) is 1. The van der Waals surface area contributed by atoms with Gasteiger partial charge in [-0.05, 0) is 47.4 Å². The number of aromatic nitrogens is 1. The van der Waals surface area contributed by atoms with E-state index in [0.29, 0.717) is 31.6 Å². The van der Waals surface area contributed by atoms with Crippen LogP contribution in [0.25, 0.3) is 11.1 Å². The first-order valence-corrected chi connectivity index (χ1v) is 10.3. The monoisotopic (exact) mass is 415 g/mol. The summed E-state index contributed by atoms with van der Waals surface area (Å²) in [7, 11) is 1.65. The zero-order valence-electron chi connectivity index (χ0n) is 17.5. The molecule has 6 nitrogen and oxygen atoms in total. The van der Waals surface area contributed by atoms with Gasteiger partial charge in [0.05, 0.1) is 13.0 Å². The molecule has 1 unspecified atom stereocenters. The number of rotatable bonds is 5. The largest absolute Gasteiger partial charge is 0.497 e. The third-order valence-corrected chi connectivity index (χ3v) is 5.57. The molecule has 1 atom stereocenters. The number of hydrogen-bond donors (Lipinski definition) is 1. The van der Waals surface area contributed by atoms with Gasteiger partial charge in [0.25, 0.3) is 5.91 Å². The van der Waals surface area contributed by atoms with Crippen LogP contribution in [0, 0.1) is 5.92 Å². The molecule has 2 amide bonds. The third kappa shape index (κ3) is 4.91. The lowest BCUT2D eigenvalue weighted by Gasteiger charge is -2.23. The lowest BCUT2D eigenvalue weighted by molar-refractivity contribution is -0.124. The van der Waals surface area contributed by atoms with Gasteiger partial charge in [-0.3, -0.25) is 14.6 Å². The maximum absolute atomic E-state index is 12.9. The van der Waals surface area contributed by atoms with Crippen LogP contribution in [0.1, 0.15) is 15.9 Å². The van der Waals surface area contributed by atoms with E-state index in [1.54, 1.807) is 36.5 Å². The van der Waals surface area contributed by atoms with Crippen molar-refractivity contribution < 1.29 is 14.3 Å². The molecule has 0 spiro atoms. The van der Waals surface area contributed by atoms with Crippen molar-refractivity contribution in [2.45, 2.75) is 6.42 Å². The van der Waals surface area contributed by atoms with Crippen LogP contribution in [-0.4, -0.2) is 48.4 Å². The predicted octanol–water partition coefficient (Wildman–Crippen LogP) is 3.19. The molecule has 0 bridgehead atoms. The van der Waals surface area contributed by atoms with E-state index < -0.39 is 0 Å². The number of benzene rings is 2. The van der Waals surface area contributed by atoms with Crippen molar-refractivity contribution in [2.75, 3.05) is 26.7 Å². The quantitative estimate of drug-likeness (QED) is 0.695. The number of carbonyl (C=O) groups excluding carboxylic acids is 2. The summed E-state index contributed by atoms with van der Waals surface area (Å²) < 4.78 is 5.21. The molecule has 4 rings (SSSR count). The van der Waals surface area contributed by atoms with E-state index >= 15 is 0 Å². The van der Waals surface area contributed by atoms with Gasteiger partial charge in [-0.1, -0.05) is 36.4 Å². The fourth-order valence-electron chi connectivity index (χ4n) is 3.82. The highest BCUT2D eigenvalue weighted by atomic mass is 16.5. The highest BCUT2D eigenvalue weighted by Gasteiger charge is 2.28. The normalized spacial score (nSPS) is 16.4. The van der Waals surface area contributed by atoms with E-state index in [-0.39, 0.29) is 17.7 Å². The first-order chi connectivity index (χ1) is 15.1. The van der Waals surface area contributed by atoms with Gasteiger partial charge in [0.1, 0.15) is 5.75 Å². The zero-order valence-corrected chi connectivity index (χ0v) is 17.5. The van der Waals surface area contributed by atoms with Crippen LogP contribution in [0.3, 0.4) is 0 Å². The smallest absolute Gasteiger partial charge is 0.254 e. The van der Waals surface area contributed by atoms with Crippen LogP contribution >= 0.6 is 0 Å². The van der Waals surface area contributed by atoms with Crippen LogP contribution in [0.4, 0.5) is 0 Å². The highest BCUT2D eigenvalue weighted by molar-refractivity contribution is 5.94. The molecule has 6 heteroatoms. The molecule has 0 radical (unpaired) electrons. The van der Waals surface area contributed by atoms with E-state index in [0.717, 1.165) is 22.4 Å². The van der Waals surface area contributed by atoms with Gasteiger partial charge in [0.15, 0.2) is 0 Å². The van der Waals surface area contributed by atoms with Crippen LogP contribution in [0.15, 0.2) is 73.1 Å². The predicted molar refractivity (Wildman–Crippen MR) is 119 cm³/mol. The second-order valence-electron chi connectivity index (χ2n) is 7.60. The Morgan fingerprint density at radius 3 is 2.32 bits per heavy atom. The Hall–Kier alpha value is -3.67. The summed E-state index contributed by atoms with van der Waals surface area (Å²) in [5, 5.41) is 2.94. The van der Waals surface area contributed by atoms with E-state index in [1.165, 1.54) is 0 Å². The summed E-state index contributed by atoms with van der Waals surface area (Å²) >= 11 is 0. The zero-order chi connectivity index (χ0) is 21.6. The van der Waals surface area contributed by atoms with Crippen LogP contribution < -0.4 is 10.1 Å². The third-order valence-electron chi connectivity index (χ3n) is 5.57. The van der Waals surface area contributed by atoms with Crippen molar-refractivity contribution in [1.29, 1.82) is 0 Å². The molecule has 1 aliphatic rings. The first-order valence-electron chi connectivity index (χ1n) is 10.3. The Balaban J connectivity index is 1.46. The lowest BCUT2D eigenvalue weighted by atomic mass is 9.96. The maximum Gasteiger partial charge on any atom is 0.254 e. The molecule has 2 heterocycles. The Morgan fingerprint density at radius 1 is 1.03 bits per heavy atom. The Labute approximate surface area is 181 Å². The van der Waals surface area contributed by atoms with Crippen molar-refractivity contribution in [3.05, 3.63) is 84.2 Å². The first kappa shape index (κ1) is 20.6. The average Bonchev–Trinajstić information content (AvgIpc) is 3.01. The van der Waals surface area contributed by atoms with Crippen molar-refractivity contribution in [2.24, 2.45) is 5.92 Å². The van der Waals surface area contributed by atoms with E-state index in [9.17, 15) is 9.59 Å². The van der Waals surface area contributed by atoms with Gasteiger partial charge in [0.2, 0.25) is 5.91 Å². The topological polar surface area (TPSA) is 71.5 Å². The average molecular weight is 415 g/mol. The molecule has 158 valence electrons. The van der Waals surface area contributed by atoms with E-state index in [2.05, 4.69) is 22.4 Å². The molecule has 0 saturated carbocycles. The molecule has 1 aromatic heterocycles. The van der Waals surface area contributed by atoms with Crippen LogP contribution in [0.5, 0.6) is 5.75 Å². The molecule has 1 fully saturated rings. The Bertz CT molecular complexity index is 1030. The minimum atomic E-state index is -0.292. The summed E-state index contributed by atoms with van der Waals surface area (Å²) in [5.74, 6) is 0.453. The van der Waals surface area contributed by atoms with Crippen LogP contribution in [0.2, 0.25) is 0 Å². The molecule has 0 aliphatic carbocycles. The van der Waals surface area contributed by atoms with E-state index in [1.807, 2.05) is 36.4 Å². The second-order valence-corrected chi connectivity index (χ2v) is 7.60. The number of ether oxygens (including phenoxy) is 1. The molecule has 3 aromatic rings. The van der Waals surface area contributed by atoms with Crippen molar-refractivity contribution in [1.82, 2.24) is 15.2 Å². The fourth-order valence-corrected chi connectivity index (χ4v) is 3.82. The summed E-state index contributed by atoms with van der Waals surface area (Å²) in [5.41, 5.74) is 3.86. The molecule has 1 saturated heterocycles. The number of hydrogen-bond acceptors (Lipinski definition) is 4. The minimum absolute atomic E-state index is 0.00995. The SMILES string of the molecule is COc1ccc(-c2ccc(CC3CN(C(=O)c4ccncc4)CCNC3=O)cc2)cc1. The maximum atomic E-state index is 12.9. The highest BCUT2D eigenvalue weighted by Crippen LogP contribution is 2.24. The number of pyridine rings is 1. The van der Waals surface area contributed by atoms with Gasteiger partial charge < -0.3 is 15.0 Å². The fraction of sp³-hybridized carbons (Fsp3) is 0.240. The molecular weight excluding hydrogens is 390 g/mol. The van der Waals surface area contributed by atoms with Crippen molar-refractivity contribution in [3.8, 4) is 16.9 Å². The molecule has 1 aliphatic heterocycles. The van der Waals surface area contributed by atoms with Gasteiger partial charge in [0, 0.05) is 37.6 Å². The minimum Gasteiger partial charge on any atom is -0.497 e. The molecule has 2 aromatic carbocycles. The van der Waals surface area contributed by atoms with Gasteiger partial charge in [-0.15, -0.1) is 0 Å². The van der Waals surface area contributed by atoms with E-state index in [4.69, 9.17) is 4.74 Å².